The van der Waals surface area contributed by atoms with Crippen LogP contribution in [-0.2, 0) is 24.4 Å². The van der Waals surface area contributed by atoms with E-state index in [1.54, 1.807) is 54.7 Å². The number of alkyl halides is 3. The summed E-state index contributed by atoms with van der Waals surface area (Å²) in [6.07, 6.45) is -1.47. The van der Waals surface area contributed by atoms with Crippen molar-refractivity contribution in [1.29, 1.82) is 0 Å². The summed E-state index contributed by atoms with van der Waals surface area (Å²) in [6, 6.07) is 4.34. The molecule has 2 aliphatic carbocycles. The summed E-state index contributed by atoms with van der Waals surface area (Å²) in [5.74, 6) is -3.57. The number of allylic oxidation sites excluding steroid dienone is 1. The Morgan fingerprint density at radius 2 is 1.75 bits per heavy atom. The number of amides is 4. The maximum atomic E-state index is 15.1. The molecule has 20 heteroatoms. The van der Waals surface area contributed by atoms with Gasteiger partial charge in [-0.05, 0) is 113 Å². The summed E-state index contributed by atoms with van der Waals surface area (Å²) in [5, 5.41) is 13.5. The number of fused-ring (bicyclic) bond motifs is 3. The highest BCUT2D eigenvalue weighted by Gasteiger charge is 2.62. The largest absolute Gasteiger partial charge is 0.497 e. The molecule has 0 spiro atoms. The van der Waals surface area contributed by atoms with E-state index in [0.29, 0.717) is 66.3 Å². The molecule has 0 radical (unpaired) electrons. The number of carbonyl (C=O) groups excluding carboxylic acids is 3. The molecule has 4 heterocycles. The lowest BCUT2D eigenvalue weighted by atomic mass is 9.86. The number of methoxy groups -OCH3 is 1. The zero-order valence-electron chi connectivity index (χ0n) is 37.0. The fraction of sp³-hybridized carbons (Fsp3) is 0.556. The van der Waals surface area contributed by atoms with E-state index in [4.69, 9.17) is 19.2 Å². The van der Waals surface area contributed by atoms with E-state index < -0.39 is 93.4 Å². The van der Waals surface area contributed by atoms with Gasteiger partial charge in [0.25, 0.3) is 5.91 Å². The number of aromatic nitrogens is 2. The number of nitrogens with one attached hydrogen (secondary N) is 2. The standard InChI is InChI=1S/C45H55F3N6O10S/c1-24(2)63-31-12-16-35(49-22-31)36-19-28-18-30(62-6)11-15-34(28)40(50-36)64-32-20-37-39(55)51-44(42(57)52-65(60,61)33-13-14-33)21-29(44)10-8-7-9-25(3)17-26(4)38(41(56)53(37)23-32)54(43(58)59)27(5)45(46,47)48/h8,10-12,15-16,18-19,22,24-27,29,32-33,37-38H,7,9,13-14,17,20-21,23H2,1-6H3,(H,51,55)(H,52,57)(H,58,59)/b10-8-/t25-,26+,27+,29+,32+,37-,38-,44+/m0/s1. The molecule has 7 rings (SSSR count). The monoisotopic (exact) mass is 928 g/mol. The molecule has 0 bridgehead atoms. The number of hydrogen-bond donors (Lipinski definition) is 3. The average molecular weight is 929 g/mol. The Morgan fingerprint density at radius 1 is 1.03 bits per heavy atom. The van der Waals surface area contributed by atoms with Crippen molar-refractivity contribution >= 4 is 44.6 Å². The minimum Gasteiger partial charge on any atom is -0.497 e. The van der Waals surface area contributed by atoms with Gasteiger partial charge in [0.05, 0.1) is 42.6 Å². The van der Waals surface area contributed by atoms with Crippen molar-refractivity contribution in [3.63, 3.8) is 0 Å². The van der Waals surface area contributed by atoms with Gasteiger partial charge in [-0.15, -0.1) is 0 Å². The minimum absolute atomic E-state index is 0.0394. The van der Waals surface area contributed by atoms with Crippen LogP contribution in [-0.4, -0.2) is 118 Å². The second-order valence-electron chi connectivity index (χ2n) is 18.1. The van der Waals surface area contributed by atoms with Crippen molar-refractivity contribution < 1.29 is 60.1 Å². The molecule has 1 aromatic carbocycles. The fourth-order valence-electron chi connectivity index (χ4n) is 8.94. The van der Waals surface area contributed by atoms with Crippen LogP contribution in [0, 0.1) is 17.8 Å². The summed E-state index contributed by atoms with van der Waals surface area (Å²) in [5.41, 5.74) is -0.905. The van der Waals surface area contributed by atoms with Crippen LogP contribution < -0.4 is 24.2 Å². The topological polar surface area (TPSA) is 207 Å². The second-order valence-corrected chi connectivity index (χ2v) is 20.0. The van der Waals surface area contributed by atoms with Gasteiger partial charge in [0.15, 0.2) is 0 Å². The number of nitrogens with zero attached hydrogens (tertiary/aromatic N) is 4. The Balaban J connectivity index is 1.30. The Morgan fingerprint density at radius 3 is 2.38 bits per heavy atom. The normalized spacial score (nSPS) is 27.3. The summed E-state index contributed by atoms with van der Waals surface area (Å²) < 4.78 is 89.4. The Labute approximate surface area is 375 Å². The van der Waals surface area contributed by atoms with Crippen molar-refractivity contribution in [2.45, 2.75) is 127 Å². The highest BCUT2D eigenvalue weighted by molar-refractivity contribution is 7.91. The minimum atomic E-state index is -5.06. The van der Waals surface area contributed by atoms with Crippen molar-refractivity contribution in [1.82, 2.24) is 29.8 Å². The van der Waals surface area contributed by atoms with Gasteiger partial charge in [-0.25, -0.2) is 18.2 Å². The predicted octanol–water partition coefficient (Wildman–Crippen LogP) is 6.24. The molecule has 4 amide bonds. The highest BCUT2D eigenvalue weighted by Crippen LogP contribution is 2.46. The van der Waals surface area contributed by atoms with Gasteiger partial charge in [-0.1, -0.05) is 26.0 Å². The van der Waals surface area contributed by atoms with Gasteiger partial charge < -0.3 is 29.5 Å². The Bertz CT molecular complexity index is 2450. The number of carbonyl (C=O) groups is 4. The van der Waals surface area contributed by atoms with E-state index in [9.17, 15) is 41.1 Å². The number of halogens is 3. The molecule has 16 nitrogen and oxygen atoms in total. The van der Waals surface area contributed by atoms with Gasteiger partial charge in [0.1, 0.15) is 41.3 Å². The molecule has 0 unspecified atom stereocenters. The van der Waals surface area contributed by atoms with Crippen LogP contribution in [0.4, 0.5) is 18.0 Å². The van der Waals surface area contributed by atoms with Gasteiger partial charge in [-0.2, -0.15) is 13.2 Å². The lowest BCUT2D eigenvalue weighted by Crippen LogP contribution is -2.62. The molecule has 4 aliphatic rings. The summed E-state index contributed by atoms with van der Waals surface area (Å²) in [6.45, 7) is 7.40. The molecule has 352 valence electrons. The number of carboxylic acid groups (broad SMARTS) is 1. The summed E-state index contributed by atoms with van der Waals surface area (Å²) >= 11 is 0. The first-order valence-electron chi connectivity index (χ1n) is 21.8. The van der Waals surface area contributed by atoms with E-state index in [1.807, 2.05) is 20.8 Å². The molecule has 3 fully saturated rings. The smallest absolute Gasteiger partial charge is 0.408 e. The van der Waals surface area contributed by atoms with Crippen LogP contribution in [0.1, 0.15) is 79.6 Å². The highest BCUT2D eigenvalue weighted by atomic mass is 32.2. The quantitative estimate of drug-likeness (QED) is 0.183. The second kappa shape index (κ2) is 18.3. The third-order valence-corrected chi connectivity index (χ3v) is 14.5. The zero-order valence-corrected chi connectivity index (χ0v) is 37.8. The van der Waals surface area contributed by atoms with E-state index in [-0.39, 0.29) is 42.1 Å². The zero-order chi connectivity index (χ0) is 47.2. The van der Waals surface area contributed by atoms with Crippen LogP contribution in [0.25, 0.3) is 22.2 Å². The molecule has 2 aromatic heterocycles. The molecule has 3 aromatic rings. The lowest BCUT2D eigenvalue weighted by Gasteiger charge is -2.40. The Kier molecular flexibility index (Phi) is 13.3. The molecule has 65 heavy (non-hydrogen) atoms. The van der Waals surface area contributed by atoms with Crippen molar-refractivity contribution in [2.75, 3.05) is 13.7 Å². The van der Waals surface area contributed by atoms with E-state index in [1.165, 1.54) is 14.0 Å². The third kappa shape index (κ3) is 10.3. The lowest BCUT2D eigenvalue weighted by molar-refractivity contribution is -0.184. The summed E-state index contributed by atoms with van der Waals surface area (Å²) in [4.78, 5) is 67.1. The molecule has 2 aliphatic heterocycles. The van der Waals surface area contributed by atoms with Gasteiger partial charge in [0, 0.05) is 17.7 Å². The van der Waals surface area contributed by atoms with E-state index >= 15 is 4.79 Å². The predicted molar refractivity (Wildman–Crippen MR) is 231 cm³/mol. The van der Waals surface area contributed by atoms with Crippen LogP contribution in [0.15, 0.2) is 54.7 Å². The molecule has 1 saturated heterocycles. The maximum absolute atomic E-state index is 15.1. The number of hydrogen-bond acceptors (Lipinski definition) is 11. The van der Waals surface area contributed by atoms with Crippen LogP contribution in [0.3, 0.4) is 0 Å². The van der Waals surface area contributed by atoms with Crippen molar-refractivity contribution in [3.8, 4) is 28.8 Å². The number of sulfonamides is 1. The summed E-state index contributed by atoms with van der Waals surface area (Å²) in [7, 11) is -2.54. The first-order chi connectivity index (χ1) is 30.6. The SMILES string of the molecule is COc1ccc2c(O[C@@H]3C[C@H]4C(=O)N[C@]5(C(=O)NS(=O)(=O)C6CC6)C[C@H]5/C=C\CC[C@H](C)C[C@@H](C)[C@H](N(C(=O)O)[C@H](C)C(F)(F)F)C(=O)N4C3)nc(-c3ccc(OC(C)C)cn3)cc2c1. The third-order valence-electron chi connectivity index (χ3n) is 12.6. The van der Waals surface area contributed by atoms with E-state index in [0.717, 1.165) is 4.90 Å². The van der Waals surface area contributed by atoms with Gasteiger partial charge in [0.2, 0.25) is 27.7 Å². The molecular formula is C45H55F3N6O10S. The van der Waals surface area contributed by atoms with Crippen LogP contribution >= 0.6 is 0 Å². The Hall–Kier alpha value is -5.66. The van der Waals surface area contributed by atoms with Crippen molar-refractivity contribution in [2.24, 2.45) is 17.8 Å². The van der Waals surface area contributed by atoms with Crippen LogP contribution in [0.2, 0.25) is 0 Å². The number of pyridine rings is 2. The number of ether oxygens (including phenoxy) is 3. The van der Waals surface area contributed by atoms with E-state index in [2.05, 4.69) is 15.0 Å². The van der Waals surface area contributed by atoms with Gasteiger partial charge in [-0.3, -0.25) is 29.0 Å². The maximum Gasteiger partial charge on any atom is 0.408 e. The first kappa shape index (κ1) is 47.3. The van der Waals surface area contributed by atoms with Crippen LogP contribution in [0.5, 0.6) is 17.4 Å². The number of benzene rings is 1. The molecular weight excluding hydrogens is 874 g/mol. The molecule has 3 N–H and O–H groups in total. The average Bonchev–Trinajstić information content (AvgIpc) is 4.17. The fourth-order valence-corrected chi connectivity index (χ4v) is 10.3. The van der Waals surface area contributed by atoms with Crippen molar-refractivity contribution in [3.05, 3.63) is 54.7 Å². The number of rotatable bonds is 11. The first-order valence-corrected chi connectivity index (χ1v) is 23.4. The molecule has 8 atom stereocenters. The van der Waals surface area contributed by atoms with Gasteiger partial charge >= 0.3 is 12.3 Å². The molecule has 2 saturated carbocycles.